The Hall–Kier alpha value is -3.47. The van der Waals surface area contributed by atoms with Crippen LogP contribution < -0.4 is 19.7 Å². The van der Waals surface area contributed by atoms with Gasteiger partial charge in [0.05, 0.1) is 28.4 Å². The summed E-state index contributed by atoms with van der Waals surface area (Å²) in [7, 11) is -1.39. The van der Waals surface area contributed by atoms with Crippen LogP contribution in [0.25, 0.3) is 0 Å². The summed E-state index contributed by atoms with van der Waals surface area (Å²) < 4.78 is 31.8. The highest BCUT2D eigenvalue weighted by molar-refractivity contribution is 7.88. The Labute approximate surface area is 304 Å². The lowest BCUT2D eigenvalue weighted by Crippen LogP contribution is -2.41. The number of anilines is 1. The van der Waals surface area contributed by atoms with Crippen molar-refractivity contribution < 1.29 is 22.7 Å². The Morgan fingerprint density at radius 1 is 0.980 bits per heavy atom. The molecule has 0 saturated carbocycles. The van der Waals surface area contributed by atoms with Crippen LogP contribution in [0, 0.1) is 6.92 Å². The van der Waals surface area contributed by atoms with Crippen LogP contribution >= 0.6 is 11.6 Å². The highest BCUT2D eigenvalue weighted by Gasteiger charge is 2.33. The van der Waals surface area contributed by atoms with Gasteiger partial charge in [0.1, 0.15) is 5.75 Å². The van der Waals surface area contributed by atoms with E-state index in [-0.39, 0.29) is 28.1 Å². The maximum Gasteiger partial charge on any atom is 0.265 e. The van der Waals surface area contributed by atoms with Gasteiger partial charge in [-0.3, -0.25) is 9.59 Å². The molecule has 3 rings (SSSR count). The Morgan fingerprint density at radius 2 is 1.62 bits per heavy atom. The van der Waals surface area contributed by atoms with E-state index in [2.05, 4.69) is 63.7 Å². The number of hydrogen-bond donors (Lipinski definition) is 2. The summed E-state index contributed by atoms with van der Waals surface area (Å²) in [6.45, 7) is 21.2. The molecule has 274 valence electrons. The van der Waals surface area contributed by atoms with E-state index < -0.39 is 27.8 Å². The molecule has 0 fully saturated rings. The van der Waals surface area contributed by atoms with Crippen LogP contribution in [0.15, 0.2) is 63.3 Å². The normalized spacial score (nSPS) is 15.9. The quantitative estimate of drug-likeness (QED) is 0.181. The van der Waals surface area contributed by atoms with Crippen molar-refractivity contribution in [3.63, 3.8) is 0 Å². The highest BCUT2D eigenvalue weighted by atomic mass is 35.5. The first kappa shape index (κ1) is 41.0. The van der Waals surface area contributed by atoms with E-state index >= 15 is 0 Å². The number of likely N-dealkylation sites (N-methyl/N-ethyl adjacent to an activating group) is 1. The van der Waals surface area contributed by atoms with E-state index in [0.717, 1.165) is 35.9 Å². The van der Waals surface area contributed by atoms with Gasteiger partial charge in [0.15, 0.2) is 6.10 Å². The third-order valence-electron chi connectivity index (χ3n) is 9.94. The van der Waals surface area contributed by atoms with E-state index in [1.807, 2.05) is 50.1 Å². The van der Waals surface area contributed by atoms with E-state index in [9.17, 15) is 18.0 Å². The fourth-order valence-corrected chi connectivity index (χ4v) is 6.23. The number of ketones is 1. The second-order valence-electron chi connectivity index (χ2n) is 14.5. The van der Waals surface area contributed by atoms with Crippen molar-refractivity contribution in [1.29, 1.82) is 0 Å². The zero-order valence-electron chi connectivity index (χ0n) is 31.8. The molecule has 0 bridgehead atoms. The maximum atomic E-state index is 13.8. The van der Waals surface area contributed by atoms with Crippen molar-refractivity contribution in [1.82, 2.24) is 10.0 Å². The lowest BCUT2D eigenvalue weighted by molar-refractivity contribution is -0.128. The van der Waals surface area contributed by atoms with Crippen molar-refractivity contribution in [2.45, 2.75) is 105 Å². The average molecular weight is 727 g/mol. The summed E-state index contributed by atoms with van der Waals surface area (Å²) in [4.78, 5) is 34.1. The van der Waals surface area contributed by atoms with Gasteiger partial charge >= 0.3 is 0 Å². The third kappa shape index (κ3) is 9.65. The standard InChI is InChI=1S/C39H55ClN4O5S/c1-13-31(49-32-19-16-27(38(7,8)14-2)23-29(32)39(9,10)15-3)37(46)43-35-26(6)34(25(5)33(40)36(35)45)42-30-18-17-28(22-24(30)4)44(11)21-20-41-50(12,47)48/h16-19,22-23,31,41H,13-15,20-21H2,1-12H3,(H,43,46). The number of aryl methyl sites for hydroxylation is 1. The Kier molecular flexibility index (Phi) is 13.3. The molecule has 0 aromatic heterocycles. The van der Waals surface area contributed by atoms with Crippen molar-refractivity contribution in [3.8, 4) is 5.75 Å². The molecule has 1 amide bonds. The molecule has 2 N–H and O–H groups in total. The molecule has 1 aliphatic carbocycles. The van der Waals surface area contributed by atoms with Gasteiger partial charge in [-0.05, 0) is 91.8 Å². The van der Waals surface area contributed by atoms with Crippen LogP contribution in [0.3, 0.4) is 0 Å². The number of carbonyl (C=O) groups excluding carboxylic acids is 2. The predicted molar refractivity (Wildman–Crippen MR) is 207 cm³/mol. The lowest BCUT2D eigenvalue weighted by Gasteiger charge is -2.31. The summed E-state index contributed by atoms with van der Waals surface area (Å²) in [6.07, 6.45) is 2.53. The van der Waals surface area contributed by atoms with Gasteiger partial charge in [-0.2, -0.15) is 0 Å². The molecule has 2 aromatic rings. The molecular weight excluding hydrogens is 672 g/mol. The number of hydrogen-bond acceptors (Lipinski definition) is 7. The first-order chi connectivity index (χ1) is 23.2. The summed E-state index contributed by atoms with van der Waals surface area (Å²) in [6, 6.07) is 12.0. The van der Waals surface area contributed by atoms with Crippen LogP contribution in [-0.4, -0.2) is 58.3 Å². The highest BCUT2D eigenvalue weighted by Crippen LogP contribution is 2.39. The summed E-state index contributed by atoms with van der Waals surface area (Å²) >= 11 is 6.58. The average Bonchev–Trinajstić information content (AvgIpc) is 3.06. The zero-order valence-corrected chi connectivity index (χ0v) is 33.4. The summed E-state index contributed by atoms with van der Waals surface area (Å²) in [5.74, 6) is -0.257. The number of allylic oxidation sites excluding steroid dienone is 3. The van der Waals surface area contributed by atoms with Crippen LogP contribution in [0.5, 0.6) is 5.75 Å². The predicted octanol–water partition coefficient (Wildman–Crippen LogP) is 7.77. The molecule has 0 saturated heterocycles. The van der Waals surface area contributed by atoms with Gasteiger partial charge in [-0.25, -0.2) is 18.1 Å². The number of benzene rings is 2. The van der Waals surface area contributed by atoms with Gasteiger partial charge in [0.25, 0.3) is 5.91 Å². The molecule has 1 unspecified atom stereocenters. The smallest absolute Gasteiger partial charge is 0.265 e. The van der Waals surface area contributed by atoms with Crippen molar-refractivity contribution >= 4 is 50.4 Å². The Balaban J connectivity index is 1.93. The minimum absolute atomic E-state index is 0.00731. The molecule has 11 heteroatoms. The van der Waals surface area contributed by atoms with Crippen LogP contribution in [0.1, 0.15) is 98.3 Å². The van der Waals surface area contributed by atoms with Crippen LogP contribution in [-0.2, 0) is 30.4 Å². The zero-order chi connectivity index (χ0) is 37.8. The van der Waals surface area contributed by atoms with Gasteiger partial charge in [-0.1, -0.05) is 72.2 Å². The third-order valence-corrected chi connectivity index (χ3v) is 11.1. The first-order valence-corrected chi connectivity index (χ1v) is 19.5. The number of nitrogens with one attached hydrogen (secondary N) is 2. The number of Topliss-reactive ketones (excluding diaryl/α,β-unsaturated/α-hetero) is 1. The molecule has 0 heterocycles. The van der Waals surface area contributed by atoms with Crippen molar-refractivity contribution in [2.24, 2.45) is 4.99 Å². The molecule has 1 aliphatic rings. The van der Waals surface area contributed by atoms with E-state index in [0.29, 0.717) is 41.3 Å². The summed E-state index contributed by atoms with van der Waals surface area (Å²) in [5.41, 5.74) is 6.10. The number of carbonyl (C=O) groups is 2. The monoisotopic (exact) mass is 726 g/mol. The number of nitrogens with zero attached hydrogens (tertiary/aromatic N) is 2. The maximum absolute atomic E-state index is 13.8. The van der Waals surface area contributed by atoms with Crippen molar-refractivity contribution in [3.05, 3.63) is 75.0 Å². The number of halogens is 1. The SMILES string of the molecule is CCC(Oc1ccc(C(C)(C)CC)cc1C(C)(C)CC)C(=O)NC1=C(C)C(=Nc2ccc(N(C)CCNS(C)(=O)=O)cc2C)C(C)=C(Cl)C1=O. The molecule has 0 spiro atoms. The first-order valence-electron chi connectivity index (χ1n) is 17.3. The molecule has 1 atom stereocenters. The number of sulfonamides is 1. The minimum atomic E-state index is -3.27. The largest absolute Gasteiger partial charge is 0.480 e. The van der Waals surface area contributed by atoms with Gasteiger partial charge in [0.2, 0.25) is 15.8 Å². The Morgan fingerprint density at radius 3 is 2.18 bits per heavy atom. The van der Waals surface area contributed by atoms with Crippen LogP contribution in [0.4, 0.5) is 11.4 Å². The van der Waals surface area contributed by atoms with E-state index in [1.165, 1.54) is 5.56 Å². The molecule has 2 aromatic carbocycles. The van der Waals surface area contributed by atoms with Crippen LogP contribution in [0.2, 0.25) is 0 Å². The molecule has 50 heavy (non-hydrogen) atoms. The molecule has 0 aliphatic heterocycles. The Bertz CT molecular complexity index is 1820. The van der Waals surface area contributed by atoms with E-state index in [4.69, 9.17) is 21.3 Å². The number of ether oxygens (including phenoxy) is 1. The van der Waals surface area contributed by atoms with Gasteiger partial charge in [-0.15, -0.1) is 0 Å². The second kappa shape index (κ2) is 16.3. The molecular formula is C39H55ClN4O5S. The van der Waals surface area contributed by atoms with Gasteiger partial charge < -0.3 is 15.0 Å². The fraction of sp³-hybridized carbons (Fsp3) is 0.513. The molecule has 0 radical (unpaired) electrons. The number of amides is 1. The van der Waals surface area contributed by atoms with Gasteiger partial charge in [0, 0.05) is 37.0 Å². The topological polar surface area (TPSA) is 117 Å². The fourth-order valence-electron chi connectivity index (χ4n) is 5.58. The minimum Gasteiger partial charge on any atom is -0.480 e. The van der Waals surface area contributed by atoms with E-state index in [1.54, 1.807) is 13.8 Å². The number of rotatable bonds is 15. The molecule has 9 nitrogen and oxygen atoms in total. The lowest BCUT2D eigenvalue weighted by atomic mass is 9.76. The summed E-state index contributed by atoms with van der Waals surface area (Å²) in [5, 5.41) is 2.85. The van der Waals surface area contributed by atoms with Crippen molar-refractivity contribution in [2.75, 3.05) is 31.3 Å². The second-order valence-corrected chi connectivity index (χ2v) is 16.7. The number of aliphatic imine (C=N–C) groups is 1.